The van der Waals surface area contributed by atoms with Crippen molar-refractivity contribution in [1.82, 2.24) is 0 Å². The van der Waals surface area contributed by atoms with Crippen molar-refractivity contribution in [1.29, 1.82) is 0 Å². The highest BCUT2D eigenvalue weighted by Crippen LogP contribution is 2.32. The minimum atomic E-state index is 0.0925. The van der Waals surface area contributed by atoms with Gasteiger partial charge in [-0.15, -0.1) is 0 Å². The number of benzene rings is 1. The van der Waals surface area contributed by atoms with Gasteiger partial charge < -0.3 is 11.1 Å². The fourth-order valence-electron chi connectivity index (χ4n) is 2.78. The lowest BCUT2D eigenvalue weighted by Gasteiger charge is -2.18. The Kier molecular flexibility index (Phi) is 4.02. The minimum absolute atomic E-state index is 0.0925. The van der Waals surface area contributed by atoms with Crippen molar-refractivity contribution in [3.8, 4) is 0 Å². The van der Waals surface area contributed by atoms with E-state index in [0.717, 1.165) is 30.5 Å². The van der Waals surface area contributed by atoms with Gasteiger partial charge in [0.25, 0.3) is 0 Å². The third-order valence-corrected chi connectivity index (χ3v) is 4.16. The molecule has 0 aromatic heterocycles. The molecule has 1 aliphatic carbocycles. The Balaban J connectivity index is 2.09. The number of rotatable bonds is 3. The zero-order valence-electron chi connectivity index (χ0n) is 11.2. The molecule has 98 valence electrons. The van der Waals surface area contributed by atoms with Gasteiger partial charge in [-0.05, 0) is 56.3 Å². The van der Waals surface area contributed by atoms with Crippen LogP contribution in [0.15, 0.2) is 18.2 Å². The molecule has 3 nitrogen and oxygen atoms in total. The van der Waals surface area contributed by atoms with Crippen LogP contribution in [0, 0.1) is 25.7 Å². The lowest BCUT2D eigenvalue weighted by atomic mass is 9.95. The fraction of sp³-hybridized carbons (Fsp3) is 0.533. The summed E-state index contributed by atoms with van der Waals surface area (Å²) in [5.41, 5.74) is 9.01. The molecule has 0 unspecified atom stereocenters. The molecular formula is C15H22N2O. The van der Waals surface area contributed by atoms with Crippen molar-refractivity contribution in [2.75, 3.05) is 11.9 Å². The molecule has 1 aromatic rings. The number of amides is 1. The van der Waals surface area contributed by atoms with Crippen molar-refractivity contribution in [3.05, 3.63) is 29.3 Å². The third-order valence-electron chi connectivity index (χ3n) is 4.16. The maximum atomic E-state index is 12.3. The van der Waals surface area contributed by atoms with Gasteiger partial charge in [0.2, 0.25) is 5.91 Å². The predicted molar refractivity (Wildman–Crippen MR) is 74.4 cm³/mol. The van der Waals surface area contributed by atoms with Crippen LogP contribution in [0.2, 0.25) is 0 Å². The van der Waals surface area contributed by atoms with E-state index >= 15 is 0 Å². The monoisotopic (exact) mass is 246 g/mol. The number of hydrogen-bond donors (Lipinski definition) is 2. The van der Waals surface area contributed by atoms with E-state index in [4.69, 9.17) is 5.73 Å². The van der Waals surface area contributed by atoms with Gasteiger partial charge in [-0.25, -0.2) is 0 Å². The Morgan fingerprint density at radius 3 is 2.89 bits per heavy atom. The number of aryl methyl sites for hydroxylation is 1. The molecule has 0 saturated heterocycles. The summed E-state index contributed by atoms with van der Waals surface area (Å²) in [7, 11) is 0. The van der Waals surface area contributed by atoms with Crippen LogP contribution in [0.25, 0.3) is 0 Å². The molecule has 1 amide bonds. The van der Waals surface area contributed by atoms with E-state index in [0.29, 0.717) is 12.5 Å². The first-order chi connectivity index (χ1) is 8.63. The second-order valence-corrected chi connectivity index (χ2v) is 5.27. The molecule has 1 fully saturated rings. The molecule has 1 aromatic carbocycles. The van der Waals surface area contributed by atoms with Crippen LogP contribution in [-0.4, -0.2) is 12.5 Å². The van der Waals surface area contributed by atoms with E-state index < -0.39 is 0 Å². The molecule has 1 aliphatic rings. The van der Waals surface area contributed by atoms with Crippen LogP contribution in [-0.2, 0) is 4.79 Å². The van der Waals surface area contributed by atoms with E-state index in [9.17, 15) is 4.79 Å². The van der Waals surface area contributed by atoms with Gasteiger partial charge in [0, 0.05) is 11.6 Å². The molecule has 3 N–H and O–H groups in total. The fourth-order valence-corrected chi connectivity index (χ4v) is 2.78. The quantitative estimate of drug-likeness (QED) is 0.861. The molecule has 0 spiro atoms. The minimum Gasteiger partial charge on any atom is -0.330 e. The lowest BCUT2D eigenvalue weighted by Crippen LogP contribution is -2.30. The van der Waals surface area contributed by atoms with Crippen molar-refractivity contribution in [3.63, 3.8) is 0 Å². The van der Waals surface area contributed by atoms with Crippen molar-refractivity contribution < 1.29 is 4.79 Å². The molecule has 0 radical (unpaired) electrons. The average molecular weight is 246 g/mol. The standard InChI is InChI=1S/C15H22N2O/c1-10-5-3-8-14(11(10)2)17-15(18)13-7-4-6-12(13)9-16/h3,5,8,12-13H,4,6-7,9,16H2,1-2H3,(H,17,18)/t12-,13-/m1/s1. The maximum Gasteiger partial charge on any atom is 0.227 e. The Morgan fingerprint density at radius 1 is 1.39 bits per heavy atom. The number of carbonyl (C=O) groups is 1. The van der Waals surface area contributed by atoms with Gasteiger partial charge >= 0.3 is 0 Å². The van der Waals surface area contributed by atoms with E-state index in [1.165, 1.54) is 5.56 Å². The highest BCUT2D eigenvalue weighted by atomic mass is 16.1. The summed E-state index contributed by atoms with van der Waals surface area (Å²) in [4.78, 5) is 12.3. The zero-order valence-corrected chi connectivity index (χ0v) is 11.2. The van der Waals surface area contributed by atoms with Gasteiger partial charge in [0.1, 0.15) is 0 Å². The highest BCUT2D eigenvalue weighted by molar-refractivity contribution is 5.93. The summed E-state index contributed by atoms with van der Waals surface area (Å²) < 4.78 is 0. The highest BCUT2D eigenvalue weighted by Gasteiger charge is 2.31. The lowest BCUT2D eigenvalue weighted by molar-refractivity contribution is -0.120. The van der Waals surface area contributed by atoms with Crippen LogP contribution < -0.4 is 11.1 Å². The van der Waals surface area contributed by atoms with Crippen LogP contribution in [0.3, 0.4) is 0 Å². The number of carbonyl (C=O) groups excluding carboxylic acids is 1. The second kappa shape index (κ2) is 5.53. The molecule has 0 bridgehead atoms. The molecule has 18 heavy (non-hydrogen) atoms. The zero-order chi connectivity index (χ0) is 13.1. The number of anilines is 1. The first-order valence-corrected chi connectivity index (χ1v) is 6.70. The van der Waals surface area contributed by atoms with E-state index in [-0.39, 0.29) is 11.8 Å². The maximum absolute atomic E-state index is 12.3. The Bertz CT molecular complexity index is 442. The van der Waals surface area contributed by atoms with Crippen molar-refractivity contribution >= 4 is 11.6 Å². The van der Waals surface area contributed by atoms with Crippen molar-refractivity contribution in [2.45, 2.75) is 33.1 Å². The second-order valence-electron chi connectivity index (χ2n) is 5.27. The van der Waals surface area contributed by atoms with Gasteiger partial charge in [-0.1, -0.05) is 18.6 Å². The van der Waals surface area contributed by atoms with Crippen LogP contribution in [0.4, 0.5) is 5.69 Å². The topological polar surface area (TPSA) is 55.1 Å². The predicted octanol–water partition coefficient (Wildman–Crippen LogP) is 2.62. The van der Waals surface area contributed by atoms with E-state index in [1.54, 1.807) is 0 Å². The summed E-state index contributed by atoms with van der Waals surface area (Å²) in [6.07, 6.45) is 3.17. The average Bonchev–Trinajstić information content (AvgIpc) is 2.83. The molecule has 1 saturated carbocycles. The number of hydrogen-bond acceptors (Lipinski definition) is 2. The summed E-state index contributed by atoms with van der Waals surface area (Å²) in [5.74, 6) is 0.585. The van der Waals surface area contributed by atoms with E-state index in [2.05, 4.69) is 18.3 Å². The Hall–Kier alpha value is -1.35. The van der Waals surface area contributed by atoms with Crippen molar-refractivity contribution in [2.24, 2.45) is 17.6 Å². The summed E-state index contributed by atoms with van der Waals surface area (Å²) in [6.45, 7) is 4.72. The van der Waals surface area contributed by atoms with Crippen LogP contribution in [0.5, 0.6) is 0 Å². The molecule has 0 heterocycles. The summed E-state index contributed by atoms with van der Waals surface area (Å²) in [5, 5.41) is 3.06. The molecule has 3 heteroatoms. The SMILES string of the molecule is Cc1cccc(NC(=O)[C@@H]2CCC[C@@H]2CN)c1C. The molecule has 0 aliphatic heterocycles. The van der Waals surface area contributed by atoms with Crippen LogP contribution >= 0.6 is 0 Å². The number of nitrogens with two attached hydrogens (primary N) is 1. The summed E-state index contributed by atoms with van der Waals surface area (Å²) >= 11 is 0. The van der Waals surface area contributed by atoms with Gasteiger partial charge in [-0.2, -0.15) is 0 Å². The normalized spacial score (nSPS) is 23.1. The third kappa shape index (κ3) is 2.56. The van der Waals surface area contributed by atoms with Gasteiger partial charge in [0.15, 0.2) is 0 Å². The Morgan fingerprint density at radius 2 is 2.17 bits per heavy atom. The smallest absolute Gasteiger partial charge is 0.227 e. The van der Waals surface area contributed by atoms with Crippen LogP contribution in [0.1, 0.15) is 30.4 Å². The van der Waals surface area contributed by atoms with Gasteiger partial charge in [0.05, 0.1) is 0 Å². The number of nitrogens with one attached hydrogen (secondary N) is 1. The summed E-state index contributed by atoms with van der Waals surface area (Å²) in [6, 6.07) is 6.00. The van der Waals surface area contributed by atoms with Gasteiger partial charge in [-0.3, -0.25) is 4.79 Å². The molecule has 2 atom stereocenters. The molecule has 2 rings (SSSR count). The Labute approximate surface area is 109 Å². The first-order valence-electron chi connectivity index (χ1n) is 6.70. The largest absolute Gasteiger partial charge is 0.330 e. The first kappa shape index (κ1) is 13.1. The van der Waals surface area contributed by atoms with E-state index in [1.807, 2.05) is 19.1 Å². The molecular weight excluding hydrogens is 224 g/mol.